The zero-order chi connectivity index (χ0) is 14.1. The molecule has 0 aliphatic carbocycles. The van der Waals surface area contributed by atoms with Gasteiger partial charge in [0.15, 0.2) is 0 Å². The van der Waals surface area contributed by atoms with Crippen molar-refractivity contribution >= 4 is 5.91 Å². The molecule has 0 spiro atoms. The maximum absolute atomic E-state index is 11.9. The highest BCUT2D eigenvalue weighted by atomic mass is 16.2. The van der Waals surface area contributed by atoms with Crippen molar-refractivity contribution < 1.29 is 4.79 Å². The van der Waals surface area contributed by atoms with Crippen molar-refractivity contribution in [3.8, 4) is 0 Å². The van der Waals surface area contributed by atoms with Crippen molar-refractivity contribution in [3.63, 3.8) is 0 Å². The average molecular weight is 262 g/mol. The number of amides is 1. The highest BCUT2D eigenvalue weighted by Gasteiger charge is 2.08. The monoisotopic (exact) mass is 262 g/mol. The van der Waals surface area contributed by atoms with Gasteiger partial charge in [-0.25, -0.2) is 0 Å². The number of nitrogens with zero attached hydrogens (tertiary/aromatic N) is 1. The molecule has 0 aromatic heterocycles. The lowest BCUT2D eigenvalue weighted by Gasteiger charge is -2.17. The first-order valence-corrected chi connectivity index (χ1v) is 7.11. The zero-order valence-electron chi connectivity index (χ0n) is 12.4. The molecule has 0 atom stereocenters. The second-order valence-electron chi connectivity index (χ2n) is 5.26. The minimum atomic E-state index is 0.223. The third-order valence-corrected chi connectivity index (χ3v) is 3.12. The molecule has 19 heavy (non-hydrogen) atoms. The number of carbonyl (C=O) groups is 1. The van der Waals surface area contributed by atoms with E-state index in [1.54, 1.807) is 0 Å². The number of nitrogens with one attached hydrogen (secondary N) is 1. The fourth-order valence-corrected chi connectivity index (χ4v) is 1.95. The Balaban J connectivity index is 2.16. The number of aryl methyl sites for hydroxylation is 1. The van der Waals surface area contributed by atoms with Crippen LogP contribution in [0.4, 0.5) is 0 Å². The molecular formula is C16H26N2O. The van der Waals surface area contributed by atoms with Gasteiger partial charge in [0, 0.05) is 32.6 Å². The molecule has 3 heteroatoms. The Hall–Kier alpha value is -1.35. The van der Waals surface area contributed by atoms with Crippen molar-refractivity contribution in [3.05, 3.63) is 35.9 Å². The summed E-state index contributed by atoms with van der Waals surface area (Å²) in [7, 11) is 1.89. The van der Waals surface area contributed by atoms with Crippen LogP contribution in [0.3, 0.4) is 0 Å². The molecule has 1 rings (SSSR count). The predicted octanol–water partition coefficient (Wildman–Crippen LogP) is 2.47. The summed E-state index contributed by atoms with van der Waals surface area (Å²) in [6.45, 7) is 5.77. The minimum absolute atomic E-state index is 0.223. The van der Waals surface area contributed by atoms with Gasteiger partial charge < -0.3 is 10.2 Å². The summed E-state index contributed by atoms with van der Waals surface area (Å²) in [6, 6.07) is 10.9. The minimum Gasteiger partial charge on any atom is -0.346 e. The highest BCUT2D eigenvalue weighted by Crippen LogP contribution is 2.03. The molecule has 1 N–H and O–H groups in total. The summed E-state index contributed by atoms with van der Waals surface area (Å²) in [6.07, 6.45) is 2.63. The lowest BCUT2D eigenvalue weighted by Crippen LogP contribution is -2.32. The summed E-state index contributed by atoms with van der Waals surface area (Å²) in [5, 5.41) is 3.27. The second kappa shape index (κ2) is 8.70. The Kier molecular flexibility index (Phi) is 7.19. The van der Waals surface area contributed by atoms with Gasteiger partial charge in [0.25, 0.3) is 0 Å². The molecule has 1 aromatic carbocycles. The van der Waals surface area contributed by atoms with Crippen molar-refractivity contribution in [2.45, 2.75) is 39.2 Å². The Morgan fingerprint density at radius 1 is 1.26 bits per heavy atom. The molecular weight excluding hydrogens is 236 g/mol. The molecule has 0 saturated carbocycles. The Morgan fingerprint density at radius 2 is 1.95 bits per heavy atom. The van der Waals surface area contributed by atoms with Crippen LogP contribution in [0.1, 0.15) is 32.3 Å². The van der Waals surface area contributed by atoms with Crippen LogP contribution in [0.15, 0.2) is 30.3 Å². The first-order chi connectivity index (χ1) is 9.09. The van der Waals surface area contributed by atoms with Gasteiger partial charge >= 0.3 is 0 Å². The molecule has 0 unspecified atom stereocenters. The van der Waals surface area contributed by atoms with E-state index in [1.807, 2.05) is 18.0 Å². The Bertz CT molecular complexity index is 362. The first-order valence-electron chi connectivity index (χ1n) is 7.11. The van der Waals surface area contributed by atoms with E-state index in [1.165, 1.54) is 5.56 Å². The van der Waals surface area contributed by atoms with Gasteiger partial charge in [-0.1, -0.05) is 44.2 Å². The van der Waals surface area contributed by atoms with Gasteiger partial charge in [0.2, 0.25) is 5.91 Å². The van der Waals surface area contributed by atoms with Crippen molar-refractivity contribution in [1.82, 2.24) is 10.2 Å². The molecule has 0 radical (unpaired) electrons. The average Bonchev–Trinajstić information content (AvgIpc) is 2.39. The molecule has 0 bridgehead atoms. The summed E-state index contributed by atoms with van der Waals surface area (Å²) in [5.41, 5.74) is 1.34. The van der Waals surface area contributed by atoms with Crippen molar-refractivity contribution in [2.75, 3.05) is 20.1 Å². The molecule has 0 saturated heterocycles. The molecule has 106 valence electrons. The topological polar surface area (TPSA) is 32.3 Å². The Labute approximate surface area is 117 Å². The fraction of sp³-hybridized carbons (Fsp3) is 0.562. The molecule has 3 nitrogen and oxygen atoms in total. The normalized spacial score (nSPS) is 10.7. The Morgan fingerprint density at radius 3 is 2.58 bits per heavy atom. The smallest absolute Gasteiger partial charge is 0.223 e. The third-order valence-electron chi connectivity index (χ3n) is 3.12. The van der Waals surface area contributed by atoms with Crippen LogP contribution < -0.4 is 5.32 Å². The van der Waals surface area contributed by atoms with Crippen LogP contribution in [0, 0.1) is 0 Å². The van der Waals surface area contributed by atoms with Gasteiger partial charge in [-0.2, -0.15) is 0 Å². The number of hydrogen-bond donors (Lipinski definition) is 1. The maximum atomic E-state index is 11.9. The second-order valence-corrected chi connectivity index (χ2v) is 5.26. The van der Waals surface area contributed by atoms with Gasteiger partial charge in [0.1, 0.15) is 0 Å². The zero-order valence-corrected chi connectivity index (χ0v) is 12.4. The van der Waals surface area contributed by atoms with E-state index in [9.17, 15) is 4.79 Å². The lowest BCUT2D eigenvalue weighted by atomic mass is 10.1. The van der Waals surface area contributed by atoms with Crippen LogP contribution >= 0.6 is 0 Å². The van der Waals surface area contributed by atoms with Crippen LogP contribution in [-0.4, -0.2) is 37.0 Å². The van der Waals surface area contributed by atoms with Crippen LogP contribution in [-0.2, 0) is 11.2 Å². The summed E-state index contributed by atoms with van der Waals surface area (Å²) >= 11 is 0. The number of benzene rings is 1. The van der Waals surface area contributed by atoms with Crippen LogP contribution in [0.2, 0.25) is 0 Å². The van der Waals surface area contributed by atoms with E-state index in [0.717, 1.165) is 25.9 Å². The summed E-state index contributed by atoms with van der Waals surface area (Å²) in [4.78, 5) is 13.7. The van der Waals surface area contributed by atoms with E-state index in [4.69, 9.17) is 0 Å². The molecule has 0 heterocycles. The van der Waals surface area contributed by atoms with E-state index in [2.05, 4.69) is 43.4 Å². The molecule has 0 aliphatic rings. The molecule has 1 amide bonds. The van der Waals surface area contributed by atoms with E-state index in [-0.39, 0.29) is 5.91 Å². The molecule has 0 fully saturated rings. The third kappa shape index (κ3) is 6.97. The highest BCUT2D eigenvalue weighted by molar-refractivity contribution is 5.76. The van der Waals surface area contributed by atoms with Gasteiger partial charge in [-0.3, -0.25) is 4.79 Å². The van der Waals surface area contributed by atoms with Gasteiger partial charge in [-0.05, 0) is 18.4 Å². The van der Waals surface area contributed by atoms with Gasteiger partial charge in [0.05, 0.1) is 0 Å². The fourth-order valence-electron chi connectivity index (χ4n) is 1.95. The van der Waals surface area contributed by atoms with E-state index < -0.39 is 0 Å². The number of hydrogen-bond acceptors (Lipinski definition) is 2. The SMILES string of the molecule is CC(C)NCCC(=O)N(C)CCCc1ccccc1. The largest absolute Gasteiger partial charge is 0.346 e. The quantitative estimate of drug-likeness (QED) is 0.780. The summed E-state index contributed by atoms with van der Waals surface area (Å²) in [5.74, 6) is 0.223. The molecule has 1 aromatic rings. The van der Waals surface area contributed by atoms with E-state index >= 15 is 0 Å². The van der Waals surface area contributed by atoms with Crippen LogP contribution in [0.5, 0.6) is 0 Å². The molecule has 0 aliphatic heterocycles. The first kappa shape index (κ1) is 15.7. The summed E-state index contributed by atoms with van der Waals surface area (Å²) < 4.78 is 0. The predicted molar refractivity (Wildman–Crippen MR) is 80.2 cm³/mol. The van der Waals surface area contributed by atoms with Crippen molar-refractivity contribution in [1.29, 1.82) is 0 Å². The lowest BCUT2D eigenvalue weighted by molar-refractivity contribution is -0.129. The van der Waals surface area contributed by atoms with Crippen LogP contribution in [0.25, 0.3) is 0 Å². The standard InChI is InChI=1S/C16H26N2O/c1-14(2)17-12-11-16(19)18(3)13-7-10-15-8-5-4-6-9-15/h4-6,8-9,14,17H,7,10-13H2,1-3H3. The number of rotatable bonds is 8. The van der Waals surface area contributed by atoms with E-state index in [0.29, 0.717) is 12.5 Å². The number of carbonyl (C=O) groups excluding carboxylic acids is 1. The van der Waals surface area contributed by atoms with Gasteiger partial charge in [-0.15, -0.1) is 0 Å². The maximum Gasteiger partial charge on any atom is 0.223 e. The van der Waals surface area contributed by atoms with Crippen molar-refractivity contribution in [2.24, 2.45) is 0 Å².